The molecule has 0 heterocycles. The number of nitrogens with one attached hydrogen (secondary N) is 1. The second kappa shape index (κ2) is 9.20. The number of hydrogen-bond donors (Lipinski definition) is 2. The van der Waals surface area contributed by atoms with Crippen LogP contribution in [0.2, 0.25) is 0 Å². The number of amides is 2. The van der Waals surface area contributed by atoms with Crippen LogP contribution >= 0.6 is 0 Å². The quantitative estimate of drug-likeness (QED) is 0.720. The second-order valence-electron chi connectivity index (χ2n) is 4.43. The maximum Gasteiger partial charge on any atom is 0.322 e. The first-order valence-electron chi connectivity index (χ1n) is 7.11. The number of nitrogens with zero attached hydrogens (tertiary/aromatic N) is 1. The molecule has 5 nitrogen and oxygen atoms in total. The first-order valence-corrected chi connectivity index (χ1v) is 7.11. The van der Waals surface area contributed by atoms with Crippen LogP contribution in [-0.4, -0.2) is 42.3 Å². The number of aliphatic hydroxyl groups is 1. The fourth-order valence-corrected chi connectivity index (χ4v) is 1.74. The molecule has 0 aliphatic rings. The Morgan fingerprint density at radius 1 is 1.35 bits per heavy atom. The van der Waals surface area contributed by atoms with Crippen molar-refractivity contribution in [2.24, 2.45) is 0 Å². The third-order valence-electron chi connectivity index (χ3n) is 2.92. The van der Waals surface area contributed by atoms with E-state index in [1.54, 1.807) is 4.90 Å². The number of carbonyl (C=O) groups excluding carboxylic acids is 1. The third kappa shape index (κ3) is 5.09. The zero-order valence-electron chi connectivity index (χ0n) is 12.3. The van der Waals surface area contributed by atoms with Gasteiger partial charge in [-0.2, -0.15) is 0 Å². The second-order valence-corrected chi connectivity index (χ2v) is 4.43. The number of unbranched alkanes of at least 4 members (excludes halogenated alkanes) is 1. The number of hydrogen-bond acceptors (Lipinski definition) is 3. The van der Waals surface area contributed by atoms with E-state index in [0.29, 0.717) is 31.1 Å². The van der Waals surface area contributed by atoms with Gasteiger partial charge in [0, 0.05) is 13.1 Å². The van der Waals surface area contributed by atoms with E-state index in [0.717, 1.165) is 12.8 Å². The number of urea groups is 1. The number of para-hydroxylation sites is 2. The molecule has 0 aliphatic heterocycles. The van der Waals surface area contributed by atoms with Crippen molar-refractivity contribution in [1.29, 1.82) is 0 Å². The molecule has 0 unspecified atom stereocenters. The van der Waals surface area contributed by atoms with Gasteiger partial charge in [-0.1, -0.05) is 25.5 Å². The summed E-state index contributed by atoms with van der Waals surface area (Å²) in [5.74, 6) is 0.675. The summed E-state index contributed by atoms with van der Waals surface area (Å²) < 4.78 is 5.67. The Kier molecular flexibility index (Phi) is 7.50. The van der Waals surface area contributed by atoms with Crippen LogP contribution in [0.3, 0.4) is 0 Å². The van der Waals surface area contributed by atoms with Crippen molar-refractivity contribution in [1.82, 2.24) is 4.90 Å². The third-order valence-corrected chi connectivity index (χ3v) is 2.92. The van der Waals surface area contributed by atoms with Crippen molar-refractivity contribution in [3.63, 3.8) is 0 Å². The van der Waals surface area contributed by atoms with E-state index >= 15 is 0 Å². The predicted molar refractivity (Wildman–Crippen MR) is 80.2 cm³/mol. The Labute approximate surface area is 120 Å². The molecule has 1 aromatic carbocycles. The molecule has 0 aliphatic carbocycles. The van der Waals surface area contributed by atoms with Crippen molar-refractivity contribution in [2.45, 2.75) is 26.7 Å². The van der Waals surface area contributed by atoms with E-state index in [9.17, 15) is 4.79 Å². The van der Waals surface area contributed by atoms with E-state index in [4.69, 9.17) is 9.84 Å². The largest absolute Gasteiger partial charge is 0.491 e. The topological polar surface area (TPSA) is 61.8 Å². The van der Waals surface area contributed by atoms with Crippen LogP contribution in [0.5, 0.6) is 5.75 Å². The van der Waals surface area contributed by atoms with Gasteiger partial charge in [0.1, 0.15) is 5.75 Å². The average molecular weight is 280 g/mol. The Hall–Kier alpha value is -1.75. The molecular weight excluding hydrogens is 256 g/mol. The van der Waals surface area contributed by atoms with Gasteiger partial charge in [0.05, 0.1) is 18.9 Å². The number of anilines is 1. The van der Waals surface area contributed by atoms with Crippen LogP contribution in [0.4, 0.5) is 10.5 Å². The molecule has 2 amide bonds. The molecule has 0 radical (unpaired) electrons. The number of ether oxygens (including phenoxy) is 1. The summed E-state index contributed by atoms with van der Waals surface area (Å²) in [5, 5.41) is 11.8. The summed E-state index contributed by atoms with van der Waals surface area (Å²) in [5.41, 5.74) is 0.657. The lowest BCUT2D eigenvalue weighted by Crippen LogP contribution is -2.36. The van der Waals surface area contributed by atoms with Gasteiger partial charge >= 0.3 is 6.03 Å². The Morgan fingerprint density at radius 3 is 2.75 bits per heavy atom. The molecule has 0 saturated carbocycles. The number of rotatable bonds is 8. The van der Waals surface area contributed by atoms with Crippen molar-refractivity contribution in [2.75, 3.05) is 31.6 Å². The van der Waals surface area contributed by atoms with Crippen LogP contribution in [0.25, 0.3) is 0 Å². The standard InChI is InChI=1S/C15H24N2O3/c1-3-5-12-20-14-9-7-6-8-13(14)16-15(19)17(4-2)10-11-18/h6-9,18H,3-5,10-12H2,1-2H3,(H,16,19). The van der Waals surface area contributed by atoms with Gasteiger partial charge in [-0.3, -0.25) is 0 Å². The minimum absolute atomic E-state index is 0.0457. The van der Waals surface area contributed by atoms with Crippen LogP contribution in [0.15, 0.2) is 24.3 Å². The molecule has 112 valence electrons. The Morgan fingerprint density at radius 2 is 2.10 bits per heavy atom. The molecule has 0 bridgehead atoms. The van der Waals surface area contributed by atoms with Crippen molar-refractivity contribution in [3.05, 3.63) is 24.3 Å². The van der Waals surface area contributed by atoms with Gasteiger partial charge in [-0.25, -0.2) is 4.79 Å². The van der Waals surface area contributed by atoms with E-state index in [-0.39, 0.29) is 12.6 Å². The number of likely N-dealkylation sites (N-methyl/N-ethyl adjacent to an activating group) is 1. The van der Waals surface area contributed by atoms with Crippen LogP contribution in [0, 0.1) is 0 Å². The normalized spacial score (nSPS) is 10.2. The monoisotopic (exact) mass is 280 g/mol. The van der Waals surface area contributed by atoms with E-state index in [1.807, 2.05) is 31.2 Å². The van der Waals surface area contributed by atoms with Crippen LogP contribution in [-0.2, 0) is 0 Å². The Bertz CT molecular complexity index is 410. The lowest BCUT2D eigenvalue weighted by molar-refractivity contribution is 0.192. The summed E-state index contributed by atoms with van der Waals surface area (Å²) in [4.78, 5) is 13.6. The average Bonchev–Trinajstić information content (AvgIpc) is 2.46. The van der Waals surface area contributed by atoms with Gasteiger partial charge in [0.2, 0.25) is 0 Å². The predicted octanol–water partition coefficient (Wildman–Crippen LogP) is 2.71. The zero-order valence-corrected chi connectivity index (χ0v) is 12.3. The summed E-state index contributed by atoms with van der Waals surface area (Å²) in [6, 6.07) is 7.15. The number of aliphatic hydroxyl groups excluding tert-OH is 1. The molecule has 0 fully saturated rings. The van der Waals surface area contributed by atoms with E-state index < -0.39 is 0 Å². The fourth-order valence-electron chi connectivity index (χ4n) is 1.74. The maximum absolute atomic E-state index is 12.1. The first-order chi connectivity index (χ1) is 9.72. The van der Waals surface area contributed by atoms with Crippen LogP contribution in [0.1, 0.15) is 26.7 Å². The van der Waals surface area contributed by atoms with Crippen molar-refractivity contribution < 1.29 is 14.6 Å². The lowest BCUT2D eigenvalue weighted by atomic mass is 10.3. The molecule has 20 heavy (non-hydrogen) atoms. The first kappa shape index (κ1) is 16.3. The summed E-state index contributed by atoms with van der Waals surface area (Å²) in [6.45, 7) is 5.43. The molecule has 0 spiro atoms. The molecule has 5 heteroatoms. The van der Waals surface area contributed by atoms with Gasteiger partial charge < -0.3 is 20.1 Å². The van der Waals surface area contributed by atoms with Crippen LogP contribution < -0.4 is 10.1 Å². The summed E-state index contributed by atoms with van der Waals surface area (Å²) in [6.07, 6.45) is 2.04. The highest BCUT2D eigenvalue weighted by atomic mass is 16.5. The summed E-state index contributed by atoms with van der Waals surface area (Å²) in [7, 11) is 0. The van der Waals surface area contributed by atoms with Crippen molar-refractivity contribution in [3.8, 4) is 5.75 Å². The maximum atomic E-state index is 12.1. The molecular formula is C15H24N2O3. The fraction of sp³-hybridized carbons (Fsp3) is 0.533. The zero-order chi connectivity index (χ0) is 14.8. The van der Waals surface area contributed by atoms with E-state index in [2.05, 4.69) is 12.2 Å². The SMILES string of the molecule is CCCCOc1ccccc1NC(=O)N(CC)CCO. The van der Waals surface area contributed by atoms with E-state index in [1.165, 1.54) is 0 Å². The lowest BCUT2D eigenvalue weighted by Gasteiger charge is -2.21. The highest BCUT2D eigenvalue weighted by Crippen LogP contribution is 2.24. The molecule has 0 aromatic heterocycles. The van der Waals surface area contributed by atoms with Crippen molar-refractivity contribution >= 4 is 11.7 Å². The molecule has 1 aromatic rings. The molecule has 1 rings (SSSR count). The highest BCUT2D eigenvalue weighted by molar-refractivity contribution is 5.90. The minimum Gasteiger partial charge on any atom is -0.491 e. The van der Waals surface area contributed by atoms with Gasteiger partial charge in [0.15, 0.2) is 0 Å². The van der Waals surface area contributed by atoms with Gasteiger partial charge in [-0.15, -0.1) is 0 Å². The summed E-state index contributed by atoms with van der Waals surface area (Å²) >= 11 is 0. The highest BCUT2D eigenvalue weighted by Gasteiger charge is 2.13. The molecule has 0 atom stereocenters. The minimum atomic E-state index is -0.229. The Balaban J connectivity index is 2.68. The smallest absolute Gasteiger partial charge is 0.322 e. The van der Waals surface area contributed by atoms with Gasteiger partial charge in [0.25, 0.3) is 0 Å². The molecule has 0 saturated heterocycles. The molecule has 2 N–H and O–H groups in total. The van der Waals surface area contributed by atoms with Gasteiger partial charge in [-0.05, 0) is 25.5 Å². The number of benzene rings is 1. The number of carbonyl (C=O) groups is 1.